The molecule has 0 radical (unpaired) electrons. The third kappa shape index (κ3) is 5.42. The van der Waals surface area contributed by atoms with Crippen molar-refractivity contribution in [3.05, 3.63) is 64.7 Å². The van der Waals surface area contributed by atoms with Gasteiger partial charge in [-0.2, -0.15) is 0 Å². The molecule has 126 valence electrons. The number of benzene rings is 2. The zero-order valence-electron chi connectivity index (χ0n) is 14.2. The molecule has 0 aromatic heterocycles. The molecule has 0 aliphatic heterocycles. The first kappa shape index (κ1) is 18.1. The van der Waals surface area contributed by atoms with Crippen molar-refractivity contribution in [3.8, 4) is 0 Å². The molecule has 0 saturated heterocycles. The van der Waals surface area contributed by atoms with Crippen molar-refractivity contribution in [2.45, 2.75) is 32.1 Å². The van der Waals surface area contributed by atoms with Crippen LogP contribution in [0.5, 0.6) is 0 Å². The summed E-state index contributed by atoms with van der Waals surface area (Å²) in [7, 11) is 0. The molecule has 2 aromatic rings. The second-order valence-electron chi connectivity index (χ2n) is 5.71. The van der Waals surface area contributed by atoms with Gasteiger partial charge in [-0.05, 0) is 56.2 Å². The Morgan fingerprint density at radius 1 is 0.917 bits per heavy atom. The van der Waals surface area contributed by atoms with Crippen molar-refractivity contribution in [1.82, 2.24) is 10.9 Å². The van der Waals surface area contributed by atoms with E-state index in [1.165, 1.54) is 11.1 Å². The highest BCUT2D eigenvalue weighted by Crippen LogP contribution is 2.21. The third-order valence-corrected chi connectivity index (χ3v) is 4.70. The van der Waals surface area contributed by atoms with E-state index in [4.69, 9.17) is 0 Å². The number of carbonyl (C=O) groups excluding carboxylic acids is 2. The molecule has 0 saturated carbocycles. The number of nitrogens with one attached hydrogen (secondary N) is 2. The van der Waals surface area contributed by atoms with Crippen molar-refractivity contribution >= 4 is 23.6 Å². The van der Waals surface area contributed by atoms with Gasteiger partial charge in [0.15, 0.2) is 0 Å². The van der Waals surface area contributed by atoms with Crippen LogP contribution < -0.4 is 10.9 Å². The molecule has 0 atom stereocenters. The first-order valence-corrected chi connectivity index (χ1v) is 8.80. The van der Waals surface area contributed by atoms with Crippen LogP contribution in [0.25, 0.3) is 0 Å². The summed E-state index contributed by atoms with van der Waals surface area (Å²) >= 11 is 1.63. The number of thioether (sulfide) groups is 1. The Kier molecular flexibility index (Phi) is 6.44. The van der Waals surface area contributed by atoms with Crippen molar-refractivity contribution in [1.29, 1.82) is 0 Å². The van der Waals surface area contributed by atoms with E-state index in [1.54, 1.807) is 23.9 Å². The van der Waals surface area contributed by atoms with Gasteiger partial charge in [-0.25, -0.2) is 0 Å². The first-order chi connectivity index (χ1) is 11.5. The van der Waals surface area contributed by atoms with Gasteiger partial charge in [-0.1, -0.05) is 23.8 Å². The van der Waals surface area contributed by atoms with Crippen LogP contribution in [-0.4, -0.2) is 17.6 Å². The van der Waals surface area contributed by atoms with Gasteiger partial charge in [0.25, 0.3) is 5.91 Å². The molecule has 2 aromatic carbocycles. The summed E-state index contributed by atoms with van der Waals surface area (Å²) in [6.45, 7) is 6.11. The highest BCUT2D eigenvalue weighted by molar-refractivity contribution is 7.99. The van der Waals surface area contributed by atoms with Gasteiger partial charge < -0.3 is 0 Å². The molecular formula is C19H22N2O2S. The van der Waals surface area contributed by atoms with E-state index in [0.717, 1.165) is 10.5 Å². The van der Waals surface area contributed by atoms with E-state index in [9.17, 15) is 9.59 Å². The maximum atomic E-state index is 11.9. The van der Waals surface area contributed by atoms with Gasteiger partial charge in [0, 0.05) is 22.6 Å². The lowest BCUT2D eigenvalue weighted by Gasteiger charge is -2.08. The van der Waals surface area contributed by atoms with Crippen LogP contribution in [-0.2, 0) is 4.79 Å². The maximum Gasteiger partial charge on any atom is 0.269 e. The second-order valence-corrected chi connectivity index (χ2v) is 6.88. The predicted molar refractivity (Wildman–Crippen MR) is 98.0 cm³/mol. The molecule has 0 unspecified atom stereocenters. The van der Waals surface area contributed by atoms with E-state index < -0.39 is 0 Å². The summed E-state index contributed by atoms with van der Waals surface area (Å²) in [5, 5.41) is 0. The van der Waals surface area contributed by atoms with Crippen LogP contribution in [0.3, 0.4) is 0 Å². The van der Waals surface area contributed by atoms with Crippen molar-refractivity contribution in [3.63, 3.8) is 0 Å². The lowest BCUT2D eigenvalue weighted by molar-refractivity contribution is -0.121. The molecule has 0 aliphatic carbocycles. The van der Waals surface area contributed by atoms with E-state index >= 15 is 0 Å². The quantitative estimate of drug-likeness (QED) is 0.645. The monoisotopic (exact) mass is 342 g/mol. The van der Waals surface area contributed by atoms with Crippen LogP contribution in [0.2, 0.25) is 0 Å². The van der Waals surface area contributed by atoms with Gasteiger partial charge in [0.05, 0.1) is 0 Å². The Balaban J connectivity index is 1.72. The summed E-state index contributed by atoms with van der Waals surface area (Å²) < 4.78 is 0. The van der Waals surface area contributed by atoms with E-state index in [0.29, 0.717) is 17.7 Å². The summed E-state index contributed by atoms with van der Waals surface area (Å²) in [4.78, 5) is 24.8. The normalized spacial score (nSPS) is 10.3. The topological polar surface area (TPSA) is 58.2 Å². The Labute approximate surface area is 147 Å². The largest absolute Gasteiger partial charge is 0.273 e. The van der Waals surface area contributed by atoms with Crippen molar-refractivity contribution in [2.75, 3.05) is 5.75 Å². The minimum atomic E-state index is -0.315. The molecule has 2 amide bonds. The molecule has 4 nitrogen and oxygen atoms in total. The smallest absolute Gasteiger partial charge is 0.269 e. The number of carbonyl (C=O) groups is 2. The minimum absolute atomic E-state index is 0.202. The fourth-order valence-corrected chi connectivity index (χ4v) is 2.98. The lowest BCUT2D eigenvalue weighted by Crippen LogP contribution is -2.41. The first-order valence-electron chi connectivity index (χ1n) is 7.81. The number of amides is 2. The zero-order valence-corrected chi connectivity index (χ0v) is 15.0. The van der Waals surface area contributed by atoms with Crippen LogP contribution in [0.4, 0.5) is 0 Å². The Hall–Kier alpha value is -2.27. The lowest BCUT2D eigenvalue weighted by atomic mass is 10.1. The number of rotatable bonds is 5. The summed E-state index contributed by atoms with van der Waals surface area (Å²) in [5.41, 5.74) is 8.99. The molecule has 0 fully saturated rings. The Morgan fingerprint density at radius 2 is 1.62 bits per heavy atom. The number of hydrazine groups is 1. The van der Waals surface area contributed by atoms with E-state index in [1.807, 2.05) is 19.1 Å². The molecular weight excluding hydrogens is 320 g/mol. The fourth-order valence-electron chi connectivity index (χ4n) is 2.03. The molecule has 2 rings (SSSR count). The molecule has 5 heteroatoms. The van der Waals surface area contributed by atoms with E-state index in [2.05, 4.69) is 42.9 Å². The van der Waals surface area contributed by atoms with Crippen molar-refractivity contribution in [2.24, 2.45) is 0 Å². The van der Waals surface area contributed by atoms with Crippen LogP contribution in [0.1, 0.15) is 33.5 Å². The summed E-state index contributed by atoms with van der Waals surface area (Å²) in [6, 6.07) is 13.4. The van der Waals surface area contributed by atoms with Gasteiger partial charge in [0.1, 0.15) is 0 Å². The molecule has 0 heterocycles. The van der Waals surface area contributed by atoms with Crippen LogP contribution >= 0.6 is 11.8 Å². The Bertz CT molecular complexity index is 727. The molecule has 0 spiro atoms. The molecule has 0 aliphatic rings. The van der Waals surface area contributed by atoms with E-state index in [-0.39, 0.29) is 11.8 Å². The van der Waals surface area contributed by atoms with Gasteiger partial charge in [0.2, 0.25) is 5.91 Å². The van der Waals surface area contributed by atoms with Crippen LogP contribution in [0, 0.1) is 20.8 Å². The highest BCUT2D eigenvalue weighted by Gasteiger charge is 2.07. The third-order valence-electron chi connectivity index (χ3n) is 3.71. The number of aryl methyl sites for hydroxylation is 3. The average Bonchev–Trinajstić information content (AvgIpc) is 2.56. The SMILES string of the molecule is Cc1ccc(C(=O)NNC(=O)CCSc2ccc(C)c(C)c2)cc1. The highest BCUT2D eigenvalue weighted by atomic mass is 32.2. The number of hydrogen-bond donors (Lipinski definition) is 2. The average molecular weight is 342 g/mol. The van der Waals surface area contributed by atoms with Gasteiger partial charge in [-0.3, -0.25) is 20.4 Å². The standard InChI is InChI=1S/C19H22N2O2S/c1-13-4-7-16(8-5-13)19(23)21-20-18(22)10-11-24-17-9-6-14(2)15(3)12-17/h4-9,12H,10-11H2,1-3H3,(H,20,22)(H,21,23). The number of hydrogen-bond acceptors (Lipinski definition) is 3. The zero-order chi connectivity index (χ0) is 17.5. The Morgan fingerprint density at radius 3 is 2.29 bits per heavy atom. The van der Waals surface area contributed by atoms with Crippen molar-refractivity contribution < 1.29 is 9.59 Å². The van der Waals surface area contributed by atoms with Gasteiger partial charge in [-0.15, -0.1) is 11.8 Å². The molecule has 2 N–H and O–H groups in total. The second kappa shape index (κ2) is 8.55. The predicted octanol–water partition coefficient (Wildman–Crippen LogP) is 3.56. The summed E-state index contributed by atoms with van der Waals surface area (Å²) in [6.07, 6.45) is 0.339. The summed E-state index contributed by atoms with van der Waals surface area (Å²) in [5.74, 6) is 0.145. The van der Waals surface area contributed by atoms with Gasteiger partial charge >= 0.3 is 0 Å². The molecule has 24 heavy (non-hydrogen) atoms. The van der Waals surface area contributed by atoms with Crippen LogP contribution in [0.15, 0.2) is 47.4 Å². The molecule has 0 bridgehead atoms. The minimum Gasteiger partial charge on any atom is -0.273 e. The maximum absolute atomic E-state index is 11.9. The fraction of sp³-hybridized carbons (Fsp3) is 0.263.